The molecule has 4 heteroatoms. The van der Waals surface area contributed by atoms with Crippen LogP contribution in [0.1, 0.15) is 11.3 Å². The van der Waals surface area contributed by atoms with Gasteiger partial charge in [-0.1, -0.05) is 12.1 Å². The molecule has 1 aromatic heterocycles. The summed E-state index contributed by atoms with van der Waals surface area (Å²) in [5.41, 5.74) is 1.08. The minimum absolute atomic E-state index is 0.327. The summed E-state index contributed by atoms with van der Waals surface area (Å²) in [4.78, 5) is 0. The molecule has 84 valence electrons. The van der Waals surface area contributed by atoms with E-state index in [4.69, 9.17) is 9.68 Å². The molecule has 2 nitrogen and oxygen atoms in total. The van der Waals surface area contributed by atoms with Gasteiger partial charge in [0, 0.05) is 0 Å². The molecule has 1 heterocycles. The van der Waals surface area contributed by atoms with Crippen LogP contribution in [0.5, 0.6) is 0 Å². The van der Waals surface area contributed by atoms with E-state index in [1.54, 1.807) is 30.3 Å². The Kier molecular flexibility index (Phi) is 3.40. The van der Waals surface area contributed by atoms with Crippen molar-refractivity contribution in [3.63, 3.8) is 0 Å². The van der Waals surface area contributed by atoms with E-state index >= 15 is 0 Å². The average molecular weight is 292 g/mol. The van der Waals surface area contributed by atoms with E-state index in [-0.39, 0.29) is 5.82 Å². The van der Waals surface area contributed by atoms with Crippen LogP contribution in [0.4, 0.5) is 4.39 Å². The molecule has 0 amide bonds. The van der Waals surface area contributed by atoms with Gasteiger partial charge in [-0.25, -0.2) is 4.39 Å². The fourth-order valence-electron chi connectivity index (χ4n) is 1.36. The maximum Gasteiger partial charge on any atom is 0.169 e. The molecule has 0 unspecified atom stereocenters. The predicted octanol–water partition coefficient (Wildman–Crippen LogP) is 4.25. The lowest BCUT2D eigenvalue weighted by Gasteiger charge is -1.97. The molecular formula is C13H7BrFNO. The van der Waals surface area contributed by atoms with E-state index in [9.17, 15) is 4.39 Å². The average Bonchev–Trinajstić information content (AvgIpc) is 2.73. The Morgan fingerprint density at radius 1 is 1.24 bits per heavy atom. The summed E-state index contributed by atoms with van der Waals surface area (Å²) in [5.74, 6) is 0.240. The molecule has 0 bridgehead atoms. The van der Waals surface area contributed by atoms with Crippen LogP contribution in [0.15, 0.2) is 45.5 Å². The third-order valence-corrected chi connectivity index (χ3v) is 2.58. The van der Waals surface area contributed by atoms with Crippen molar-refractivity contribution in [2.45, 2.75) is 0 Å². The van der Waals surface area contributed by atoms with Crippen LogP contribution in [0.3, 0.4) is 0 Å². The van der Waals surface area contributed by atoms with Gasteiger partial charge in [0.15, 0.2) is 4.67 Å². The fraction of sp³-hybridized carbons (Fsp3) is 0. The van der Waals surface area contributed by atoms with Crippen molar-refractivity contribution in [1.82, 2.24) is 0 Å². The Balaban J connectivity index is 2.37. The van der Waals surface area contributed by atoms with E-state index in [1.807, 2.05) is 0 Å². The zero-order chi connectivity index (χ0) is 12.3. The van der Waals surface area contributed by atoms with Crippen molar-refractivity contribution in [3.05, 3.63) is 58.2 Å². The summed E-state index contributed by atoms with van der Waals surface area (Å²) in [7, 11) is 0. The van der Waals surface area contributed by atoms with Crippen molar-refractivity contribution < 1.29 is 8.81 Å². The summed E-state index contributed by atoms with van der Waals surface area (Å²) in [6.07, 6.45) is 1.61. The standard InChI is InChI=1S/C13H7BrFNO/c14-13-6-5-12(17-13)7-10(8-16)9-1-3-11(15)4-2-9/h1-7H. The van der Waals surface area contributed by atoms with Gasteiger partial charge in [-0.3, -0.25) is 0 Å². The molecular weight excluding hydrogens is 285 g/mol. The third kappa shape index (κ3) is 2.83. The Bertz CT molecular complexity index is 593. The molecule has 0 N–H and O–H groups in total. The Morgan fingerprint density at radius 2 is 1.94 bits per heavy atom. The number of hydrogen-bond acceptors (Lipinski definition) is 2. The largest absolute Gasteiger partial charge is 0.450 e. The summed E-state index contributed by atoms with van der Waals surface area (Å²) in [6.45, 7) is 0. The monoisotopic (exact) mass is 291 g/mol. The first kappa shape index (κ1) is 11.6. The summed E-state index contributed by atoms with van der Waals surface area (Å²) < 4.78 is 18.6. The Hall–Kier alpha value is -1.86. The highest BCUT2D eigenvalue weighted by Crippen LogP contribution is 2.21. The number of furan rings is 1. The van der Waals surface area contributed by atoms with Gasteiger partial charge >= 0.3 is 0 Å². The first-order valence-corrected chi connectivity index (χ1v) is 5.61. The number of hydrogen-bond donors (Lipinski definition) is 0. The topological polar surface area (TPSA) is 36.9 Å². The van der Waals surface area contributed by atoms with Crippen LogP contribution in [0.25, 0.3) is 11.6 Å². The Labute approximate surface area is 106 Å². The molecule has 0 radical (unpaired) electrons. The van der Waals surface area contributed by atoms with Crippen molar-refractivity contribution >= 4 is 27.6 Å². The molecule has 0 spiro atoms. The van der Waals surface area contributed by atoms with Crippen molar-refractivity contribution in [1.29, 1.82) is 5.26 Å². The summed E-state index contributed by atoms with van der Waals surface area (Å²) >= 11 is 3.18. The fourth-order valence-corrected chi connectivity index (χ4v) is 1.68. The SMILES string of the molecule is N#CC(=Cc1ccc(Br)o1)c1ccc(F)cc1. The van der Waals surface area contributed by atoms with Crippen LogP contribution in [-0.4, -0.2) is 0 Å². The second-order valence-corrected chi connectivity index (χ2v) is 4.10. The van der Waals surface area contributed by atoms with Gasteiger partial charge in [0.05, 0.1) is 11.6 Å². The highest BCUT2D eigenvalue weighted by Gasteiger charge is 2.03. The van der Waals surface area contributed by atoms with Gasteiger partial charge in [0.1, 0.15) is 11.6 Å². The van der Waals surface area contributed by atoms with E-state index in [2.05, 4.69) is 22.0 Å². The van der Waals surface area contributed by atoms with Crippen LogP contribution < -0.4 is 0 Å². The lowest BCUT2D eigenvalue weighted by Crippen LogP contribution is -1.82. The smallest absolute Gasteiger partial charge is 0.169 e. The molecule has 2 rings (SSSR count). The van der Waals surface area contributed by atoms with E-state index in [1.165, 1.54) is 12.1 Å². The van der Waals surface area contributed by atoms with E-state index in [0.717, 1.165) is 0 Å². The van der Waals surface area contributed by atoms with Crippen LogP contribution in [0, 0.1) is 17.1 Å². The van der Waals surface area contributed by atoms with Gasteiger partial charge in [-0.2, -0.15) is 5.26 Å². The highest BCUT2D eigenvalue weighted by atomic mass is 79.9. The molecule has 2 aromatic rings. The van der Waals surface area contributed by atoms with Crippen LogP contribution >= 0.6 is 15.9 Å². The minimum Gasteiger partial charge on any atom is -0.450 e. The molecule has 17 heavy (non-hydrogen) atoms. The number of benzene rings is 1. The lowest BCUT2D eigenvalue weighted by molar-refractivity contribution is 0.532. The third-order valence-electron chi connectivity index (χ3n) is 2.16. The van der Waals surface area contributed by atoms with E-state index in [0.29, 0.717) is 21.6 Å². The van der Waals surface area contributed by atoms with Crippen LogP contribution in [0.2, 0.25) is 0 Å². The minimum atomic E-state index is -0.327. The first-order valence-electron chi connectivity index (χ1n) is 4.82. The molecule has 0 aliphatic rings. The molecule has 0 aliphatic carbocycles. The van der Waals surface area contributed by atoms with Crippen molar-refractivity contribution in [2.75, 3.05) is 0 Å². The second kappa shape index (κ2) is 4.98. The molecule has 0 atom stereocenters. The van der Waals surface area contributed by atoms with Crippen molar-refractivity contribution in [2.24, 2.45) is 0 Å². The molecule has 0 saturated carbocycles. The van der Waals surface area contributed by atoms with Gasteiger partial charge in [-0.05, 0) is 51.8 Å². The van der Waals surface area contributed by atoms with Gasteiger partial charge in [-0.15, -0.1) is 0 Å². The van der Waals surface area contributed by atoms with Gasteiger partial charge in [0.25, 0.3) is 0 Å². The number of rotatable bonds is 2. The van der Waals surface area contributed by atoms with Crippen LogP contribution in [-0.2, 0) is 0 Å². The zero-order valence-electron chi connectivity index (χ0n) is 8.65. The number of nitrogens with zero attached hydrogens (tertiary/aromatic N) is 1. The maximum atomic E-state index is 12.8. The highest BCUT2D eigenvalue weighted by molar-refractivity contribution is 9.10. The first-order chi connectivity index (χ1) is 8.19. The molecule has 1 aromatic carbocycles. The number of nitriles is 1. The molecule has 0 saturated heterocycles. The summed E-state index contributed by atoms with van der Waals surface area (Å²) in [6, 6.07) is 11.3. The second-order valence-electron chi connectivity index (χ2n) is 3.32. The predicted molar refractivity (Wildman–Crippen MR) is 66.3 cm³/mol. The normalized spacial score (nSPS) is 11.2. The summed E-state index contributed by atoms with van der Waals surface area (Å²) in [5, 5.41) is 9.05. The number of halogens is 2. The number of allylic oxidation sites excluding steroid dienone is 1. The lowest BCUT2D eigenvalue weighted by atomic mass is 10.1. The quantitative estimate of drug-likeness (QED) is 0.776. The van der Waals surface area contributed by atoms with E-state index < -0.39 is 0 Å². The Morgan fingerprint density at radius 3 is 2.47 bits per heavy atom. The zero-order valence-corrected chi connectivity index (χ0v) is 10.2. The van der Waals surface area contributed by atoms with Crippen molar-refractivity contribution in [3.8, 4) is 6.07 Å². The molecule has 0 aliphatic heterocycles. The molecule has 0 fully saturated rings. The van der Waals surface area contributed by atoms with Gasteiger partial charge < -0.3 is 4.42 Å². The maximum absolute atomic E-state index is 12.8. The van der Waals surface area contributed by atoms with Gasteiger partial charge in [0.2, 0.25) is 0 Å².